The van der Waals surface area contributed by atoms with Gasteiger partial charge in [-0.05, 0) is 95.3 Å². The van der Waals surface area contributed by atoms with E-state index in [0.717, 1.165) is 5.52 Å². The quantitative estimate of drug-likeness (QED) is 0.190. The van der Waals surface area contributed by atoms with Crippen LogP contribution in [0.5, 0.6) is 0 Å². The maximum absolute atomic E-state index is 4.38. The first-order chi connectivity index (χ1) is 25.0. The summed E-state index contributed by atoms with van der Waals surface area (Å²) in [6.07, 6.45) is 9.34. The van der Waals surface area contributed by atoms with Gasteiger partial charge in [0.15, 0.2) is 0 Å². The van der Waals surface area contributed by atoms with Crippen LogP contribution in [0.25, 0.3) is 65.8 Å². The Bertz CT molecular complexity index is 2400. The first-order valence-corrected chi connectivity index (χ1v) is 17.2. The molecular weight excluding hydrogens is 619 g/mol. The summed E-state index contributed by atoms with van der Waals surface area (Å²) < 4.78 is 0. The highest BCUT2D eigenvalue weighted by atomic mass is 14.6. The largest absolute Gasteiger partial charge is 0.264 e. The van der Waals surface area contributed by atoms with Gasteiger partial charge < -0.3 is 0 Å². The Morgan fingerprint density at radius 1 is 0.353 bits per heavy atom. The Balaban J connectivity index is 0.000000119. The molecule has 6 aromatic carbocycles. The lowest BCUT2D eigenvalue weighted by Crippen LogP contribution is -1.82. The second kappa shape index (κ2) is 15.4. The van der Waals surface area contributed by atoms with Crippen molar-refractivity contribution in [3.63, 3.8) is 0 Å². The maximum Gasteiger partial charge on any atom is 0.0708 e. The number of rotatable bonds is 3. The molecule has 0 fully saturated rings. The molecule has 0 saturated heterocycles. The Labute approximate surface area is 300 Å². The van der Waals surface area contributed by atoms with E-state index in [-0.39, 0.29) is 0 Å². The summed E-state index contributed by atoms with van der Waals surface area (Å²) in [5.74, 6) is 0. The summed E-state index contributed by atoms with van der Waals surface area (Å²) in [7, 11) is 0. The second-order valence-corrected chi connectivity index (χ2v) is 12.8. The molecule has 3 nitrogen and oxygen atoms in total. The minimum Gasteiger partial charge on any atom is -0.264 e. The van der Waals surface area contributed by atoms with Gasteiger partial charge in [-0.1, -0.05) is 138 Å². The van der Waals surface area contributed by atoms with E-state index in [0.29, 0.717) is 0 Å². The second-order valence-electron chi connectivity index (χ2n) is 12.8. The number of aromatic nitrogens is 3. The molecule has 0 saturated carbocycles. The van der Waals surface area contributed by atoms with Gasteiger partial charge >= 0.3 is 0 Å². The first kappa shape index (κ1) is 33.1. The van der Waals surface area contributed by atoms with E-state index in [1.807, 2.05) is 49.2 Å². The van der Waals surface area contributed by atoms with Crippen molar-refractivity contribution in [2.24, 2.45) is 0 Å². The molecule has 0 amide bonds. The lowest BCUT2D eigenvalue weighted by molar-refractivity contribution is 1.36. The van der Waals surface area contributed by atoms with Crippen LogP contribution >= 0.6 is 0 Å². The molecule has 3 aromatic heterocycles. The summed E-state index contributed by atoms with van der Waals surface area (Å²) in [6.45, 7) is 6.31. The molecular formula is C48H39N3. The van der Waals surface area contributed by atoms with Crippen LogP contribution in [0.4, 0.5) is 0 Å². The highest BCUT2D eigenvalue weighted by molar-refractivity contribution is 5.96. The van der Waals surface area contributed by atoms with Crippen LogP contribution in [0.1, 0.15) is 16.7 Å². The standard InChI is InChI=1S/3C16H13N/c1-12-2-4-13(5-3-12)15-7-6-14-8-9-17-11-16(14)10-15;1-12-4-6-13(7-5-12)15-9-8-14-3-2-10-17-16(14)11-15;1-12-5-7-14(8-6-12)15-4-2-3-13-9-10-17-11-16(13)15/h3*2-11H,1H3. The molecule has 0 unspecified atom stereocenters. The molecule has 0 atom stereocenters. The Morgan fingerprint density at radius 3 is 1.55 bits per heavy atom. The number of hydrogen-bond acceptors (Lipinski definition) is 3. The zero-order valence-electron chi connectivity index (χ0n) is 29.2. The monoisotopic (exact) mass is 657 g/mol. The van der Waals surface area contributed by atoms with Crippen LogP contribution in [0.15, 0.2) is 183 Å². The van der Waals surface area contributed by atoms with Gasteiger partial charge in [-0.15, -0.1) is 0 Å². The Morgan fingerprint density at radius 2 is 0.882 bits per heavy atom. The van der Waals surface area contributed by atoms with Crippen LogP contribution in [0.2, 0.25) is 0 Å². The minimum absolute atomic E-state index is 1.05. The smallest absolute Gasteiger partial charge is 0.0708 e. The molecule has 0 bridgehead atoms. The zero-order chi connectivity index (χ0) is 35.0. The van der Waals surface area contributed by atoms with Crippen LogP contribution in [-0.2, 0) is 0 Å². The molecule has 246 valence electrons. The van der Waals surface area contributed by atoms with E-state index in [9.17, 15) is 0 Å². The van der Waals surface area contributed by atoms with Crippen molar-refractivity contribution in [1.82, 2.24) is 15.0 Å². The number of aryl methyl sites for hydroxylation is 3. The molecule has 0 N–H and O–H groups in total. The van der Waals surface area contributed by atoms with Gasteiger partial charge in [-0.2, -0.15) is 0 Å². The first-order valence-electron chi connectivity index (χ1n) is 17.2. The Hall–Kier alpha value is -6.45. The molecule has 9 aromatic rings. The van der Waals surface area contributed by atoms with Crippen molar-refractivity contribution < 1.29 is 0 Å². The number of benzene rings is 6. The topological polar surface area (TPSA) is 38.7 Å². The molecule has 3 heteroatoms. The van der Waals surface area contributed by atoms with E-state index in [4.69, 9.17) is 0 Å². The van der Waals surface area contributed by atoms with Crippen molar-refractivity contribution >= 4 is 32.4 Å². The molecule has 0 aliphatic heterocycles. The van der Waals surface area contributed by atoms with Crippen molar-refractivity contribution in [1.29, 1.82) is 0 Å². The van der Waals surface area contributed by atoms with Gasteiger partial charge in [0.1, 0.15) is 0 Å². The van der Waals surface area contributed by atoms with Crippen molar-refractivity contribution in [3.8, 4) is 33.4 Å². The normalized spacial score (nSPS) is 10.6. The van der Waals surface area contributed by atoms with E-state index < -0.39 is 0 Å². The fourth-order valence-electron chi connectivity index (χ4n) is 6.10. The third kappa shape index (κ3) is 8.07. The third-order valence-corrected chi connectivity index (χ3v) is 9.06. The fraction of sp³-hybridized carbons (Fsp3) is 0.0625. The lowest BCUT2D eigenvalue weighted by atomic mass is 9.99. The zero-order valence-corrected chi connectivity index (χ0v) is 29.2. The van der Waals surface area contributed by atoms with E-state index >= 15 is 0 Å². The van der Waals surface area contributed by atoms with Gasteiger partial charge in [-0.3, -0.25) is 15.0 Å². The highest BCUT2D eigenvalue weighted by Crippen LogP contribution is 2.28. The summed E-state index contributed by atoms with van der Waals surface area (Å²) in [6, 6.07) is 53.2. The van der Waals surface area contributed by atoms with Gasteiger partial charge in [0.25, 0.3) is 0 Å². The maximum atomic E-state index is 4.38. The highest BCUT2D eigenvalue weighted by Gasteiger charge is 2.03. The van der Waals surface area contributed by atoms with E-state index in [1.54, 1.807) is 0 Å². The molecule has 51 heavy (non-hydrogen) atoms. The SMILES string of the molecule is Cc1ccc(-c2ccc3cccnc3c2)cc1.Cc1ccc(-c2ccc3ccncc3c2)cc1.Cc1ccc(-c2cccc3ccncc23)cc1. The minimum atomic E-state index is 1.05. The number of nitrogens with zero attached hydrogens (tertiary/aromatic N) is 3. The summed E-state index contributed by atoms with van der Waals surface area (Å²) in [5.41, 5.74) is 12.3. The van der Waals surface area contributed by atoms with Crippen LogP contribution < -0.4 is 0 Å². The summed E-state index contributed by atoms with van der Waals surface area (Å²) >= 11 is 0. The Kier molecular flexibility index (Phi) is 9.99. The van der Waals surface area contributed by atoms with Gasteiger partial charge in [-0.25, -0.2) is 0 Å². The number of fused-ring (bicyclic) bond motifs is 3. The fourth-order valence-corrected chi connectivity index (χ4v) is 6.10. The van der Waals surface area contributed by atoms with Crippen LogP contribution in [0.3, 0.4) is 0 Å². The van der Waals surface area contributed by atoms with Gasteiger partial charge in [0, 0.05) is 47.1 Å². The number of hydrogen-bond donors (Lipinski definition) is 0. The van der Waals surface area contributed by atoms with E-state index in [2.05, 4.69) is 169 Å². The predicted molar refractivity (Wildman–Crippen MR) is 216 cm³/mol. The van der Waals surface area contributed by atoms with Crippen LogP contribution in [-0.4, -0.2) is 15.0 Å². The van der Waals surface area contributed by atoms with E-state index in [1.165, 1.54) is 77.0 Å². The molecule has 0 aliphatic carbocycles. The molecule has 0 spiro atoms. The average Bonchev–Trinajstić information content (AvgIpc) is 3.19. The summed E-state index contributed by atoms with van der Waals surface area (Å²) in [4.78, 5) is 12.8. The van der Waals surface area contributed by atoms with Crippen LogP contribution in [0, 0.1) is 20.8 Å². The van der Waals surface area contributed by atoms with Gasteiger partial charge in [0.2, 0.25) is 0 Å². The molecule has 0 aliphatic rings. The molecule has 3 heterocycles. The molecule has 9 rings (SSSR count). The predicted octanol–water partition coefficient (Wildman–Crippen LogP) is 12.6. The van der Waals surface area contributed by atoms with Crippen molar-refractivity contribution in [3.05, 3.63) is 199 Å². The average molecular weight is 658 g/mol. The molecule has 0 radical (unpaired) electrons. The van der Waals surface area contributed by atoms with Crippen molar-refractivity contribution in [2.75, 3.05) is 0 Å². The summed E-state index contributed by atoms with van der Waals surface area (Å²) in [5, 5.41) is 6.04. The van der Waals surface area contributed by atoms with Gasteiger partial charge in [0.05, 0.1) is 5.52 Å². The van der Waals surface area contributed by atoms with Crippen molar-refractivity contribution in [2.45, 2.75) is 20.8 Å². The number of pyridine rings is 3. The third-order valence-electron chi connectivity index (χ3n) is 9.06. The lowest BCUT2D eigenvalue weighted by Gasteiger charge is -2.06.